The summed E-state index contributed by atoms with van der Waals surface area (Å²) in [5, 5.41) is 12.6. The number of carbonyl (C=O) groups is 1. The van der Waals surface area contributed by atoms with Gasteiger partial charge in [0.05, 0.1) is 18.5 Å². The van der Waals surface area contributed by atoms with Crippen molar-refractivity contribution in [1.82, 2.24) is 15.3 Å². The molecule has 0 saturated heterocycles. The highest BCUT2D eigenvalue weighted by molar-refractivity contribution is 6.29. The molecular formula is C13H12ClN3O2. The second-order valence-electron chi connectivity index (χ2n) is 3.86. The van der Waals surface area contributed by atoms with Crippen molar-refractivity contribution < 1.29 is 9.90 Å². The summed E-state index contributed by atoms with van der Waals surface area (Å²) in [5.74, 6) is -0.426. The number of rotatable bonds is 4. The molecule has 2 aromatic rings. The third-order valence-corrected chi connectivity index (χ3v) is 2.66. The van der Waals surface area contributed by atoms with Gasteiger partial charge in [-0.3, -0.25) is 9.78 Å². The first-order valence-corrected chi connectivity index (χ1v) is 6.03. The molecule has 19 heavy (non-hydrogen) atoms. The van der Waals surface area contributed by atoms with Crippen molar-refractivity contribution in [3.63, 3.8) is 0 Å². The average molecular weight is 278 g/mol. The number of hydrogen-bond donors (Lipinski definition) is 2. The van der Waals surface area contributed by atoms with E-state index in [4.69, 9.17) is 11.6 Å². The normalized spacial score (nSPS) is 11.9. The number of amides is 1. The van der Waals surface area contributed by atoms with Crippen LogP contribution in [0.3, 0.4) is 0 Å². The zero-order chi connectivity index (χ0) is 13.7. The SMILES string of the molecule is O=C(NCC(O)c1ccccc1)c1cncc(Cl)n1. The maximum Gasteiger partial charge on any atom is 0.271 e. The number of hydrogen-bond acceptors (Lipinski definition) is 4. The van der Waals surface area contributed by atoms with Crippen molar-refractivity contribution in [3.8, 4) is 0 Å². The van der Waals surface area contributed by atoms with Crippen LogP contribution in [0.4, 0.5) is 0 Å². The average Bonchev–Trinajstić information content (AvgIpc) is 2.45. The predicted octanol–water partition coefficient (Wildman–Crippen LogP) is 1.59. The zero-order valence-electron chi connectivity index (χ0n) is 9.95. The van der Waals surface area contributed by atoms with Gasteiger partial charge < -0.3 is 10.4 Å². The number of aromatic nitrogens is 2. The second kappa shape index (κ2) is 6.26. The summed E-state index contributed by atoms with van der Waals surface area (Å²) in [6, 6.07) is 9.08. The Labute approximate surface area is 115 Å². The number of benzene rings is 1. The summed E-state index contributed by atoms with van der Waals surface area (Å²) in [6.45, 7) is 0.0943. The van der Waals surface area contributed by atoms with Crippen molar-refractivity contribution in [3.05, 3.63) is 59.1 Å². The molecule has 1 aromatic heterocycles. The van der Waals surface area contributed by atoms with Crippen LogP contribution >= 0.6 is 11.6 Å². The van der Waals surface area contributed by atoms with Gasteiger partial charge in [-0.25, -0.2) is 4.98 Å². The van der Waals surface area contributed by atoms with Crippen molar-refractivity contribution in [1.29, 1.82) is 0 Å². The second-order valence-corrected chi connectivity index (χ2v) is 4.25. The van der Waals surface area contributed by atoms with E-state index in [0.717, 1.165) is 5.56 Å². The Hall–Kier alpha value is -1.98. The third kappa shape index (κ3) is 3.74. The van der Waals surface area contributed by atoms with Gasteiger partial charge >= 0.3 is 0 Å². The molecule has 6 heteroatoms. The number of aliphatic hydroxyl groups excluding tert-OH is 1. The highest BCUT2D eigenvalue weighted by Gasteiger charge is 2.12. The Morgan fingerprint density at radius 3 is 2.74 bits per heavy atom. The quantitative estimate of drug-likeness (QED) is 0.890. The molecule has 0 aliphatic heterocycles. The molecule has 0 radical (unpaired) electrons. The van der Waals surface area contributed by atoms with E-state index in [2.05, 4.69) is 15.3 Å². The summed E-state index contributed by atoms with van der Waals surface area (Å²) in [4.78, 5) is 19.4. The molecular weight excluding hydrogens is 266 g/mol. The first kappa shape index (κ1) is 13.5. The molecule has 1 amide bonds. The lowest BCUT2D eigenvalue weighted by atomic mass is 10.1. The molecule has 0 spiro atoms. The Morgan fingerprint density at radius 2 is 2.05 bits per heavy atom. The molecule has 5 nitrogen and oxygen atoms in total. The van der Waals surface area contributed by atoms with Crippen LogP contribution in [0, 0.1) is 0 Å². The van der Waals surface area contributed by atoms with Crippen LogP contribution in [0.2, 0.25) is 5.15 Å². The minimum atomic E-state index is -0.766. The molecule has 1 unspecified atom stereocenters. The highest BCUT2D eigenvalue weighted by atomic mass is 35.5. The fraction of sp³-hybridized carbons (Fsp3) is 0.154. The molecule has 0 bridgehead atoms. The van der Waals surface area contributed by atoms with Crippen LogP contribution in [0.1, 0.15) is 22.2 Å². The van der Waals surface area contributed by atoms with Crippen LogP contribution in [0.5, 0.6) is 0 Å². The molecule has 2 rings (SSSR count). The lowest BCUT2D eigenvalue weighted by molar-refractivity contribution is 0.0911. The van der Waals surface area contributed by atoms with Gasteiger partial charge in [-0.15, -0.1) is 0 Å². The van der Waals surface area contributed by atoms with Crippen molar-refractivity contribution in [2.75, 3.05) is 6.54 Å². The monoisotopic (exact) mass is 277 g/mol. The van der Waals surface area contributed by atoms with E-state index in [9.17, 15) is 9.90 Å². The van der Waals surface area contributed by atoms with E-state index in [1.807, 2.05) is 18.2 Å². The van der Waals surface area contributed by atoms with Crippen LogP contribution < -0.4 is 5.32 Å². The van der Waals surface area contributed by atoms with Gasteiger partial charge in [-0.1, -0.05) is 41.9 Å². The van der Waals surface area contributed by atoms with E-state index in [1.165, 1.54) is 12.4 Å². The lowest BCUT2D eigenvalue weighted by Crippen LogP contribution is -2.29. The molecule has 2 N–H and O–H groups in total. The fourth-order valence-electron chi connectivity index (χ4n) is 1.52. The van der Waals surface area contributed by atoms with Crippen molar-refractivity contribution in [2.24, 2.45) is 0 Å². The lowest BCUT2D eigenvalue weighted by Gasteiger charge is -2.11. The molecule has 0 fully saturated rings. The Bertz CT molecular complexity index is 563. The Kier molecular flexibility index (Phi) is 4.43. The number of halogens is 1. The van der Waals surface area contributed by atoms with Crippen LogP contribution in [0.25, 0.3) is 0 Å². The highest BCUT2D eigenvalue weighted by Crippen LogP contribution is 2.10. The molecule has 0 saturated carbocycles. The number of nitrogens with one attached hydrogen (secondary N) is 1. The van der Waals surface area contributed by atoms with Gasteiger partial charge in [0.2, 0.25) is 0 Å². The third-order valence-electron chi connectivity index (χ3n) is 2.48. The number of nitrogens with zero attached hydrogens (tertiary/aromatic N) is 2. The van der Waals surface area contributed by atoms with Crippen LogP contribution in [0.15, 0.2) is 42.7 Å². The first-order valence-electron chi connectivity index (χ1n) is 5.65. The molecule has 1 heterocycles. The minimum absolute atomic E-state index is 0.0943. The van der Waals surface area contributed by atoms with Crippen LogP contribution in [-0.2, 0) is 0 Å². The molecule has 0 aliphatic rings. The number of carbonyl (C=O) groups excluding carboxylic acids is 1. The zero-order valence-corrected chi connectivity index (χ0v) is 10.7. The number of aliphatic hydroxyl groups is 1. The first-order chi connectivity index (χ1) is 9.16. The van der Waals surface area contributed by atoms with E-state index in [-0.39, 0.29) is 17.4 Å². The van der Waals surface area contributed by atoms with Gasteiger partial charge in [0, 0.05) is 6.54 Å². The van der Waals surface area contributed by atoms with Gasteiger partial charge in [-0.2, -0.15) is 0 Å². The molecule has 1 atom stereocenters. The summed E-state index contributed by atoms with van der Waals surface area (Å²) >= 11 is 5.64. The van der Waals surface area contributed by atoms with Gasteiger partial charge in [0.1, 0.15) is 10.8 Å². The summed E-state index contributed by atoms with van der Waals surface area (Å²) in [5.41, 5.74) is 0.854. The van der Waals surface area contributed by atoms with Crippen LogP contribution in [-0.4, -0.2) is 27.5 Å². The van der Waals surface area contributed by atoms with E-state index in [0.29, 0.717) is 0 Å². The predicted molar refractivity (Wildman–Crippen MR) is 70.8 cm³/mol. The molecule has 98 valence electrons. The van der Waals surface area contributed by atoms with E-state index >= 15 is 0 Å². The van der Waals surface area contributed by atoms with Gasteiger partial charge in [0.25, 0.3) is 5.91 Å². The van der Waals surface area contributed by atoms with Gasteiger partial charge in [0.15, 0.2) is 0 Å². The Balaban J connectivity index is 1.94. The summed E-state index contributed by atoms with van der Waals surface area (Å²) < 4.78 is 0. The topological polar surface area (TPSA) is 75.1 Å². The largest absolute Gasteiger partial charge is 0.387 e. The van der Waals surface area contributed by atoms with E-state index in [1.54, 1.807) is 12.1 Å². The smallest absolute Gasteiger partial charge is 0.271 e. The Morgan fingerprint density at radius 1 is 1.32 bits per heavy atom. The van der Waals surface area contributed by atoms with E-state index < -0.39 is 12.0 Å². The van der Waals surface area contributed by atoms with Crippen molar-refractivity contribution in [2.45, 2.75) is 6.10 Å². The molecule has 1 aromatic carbocycles. The molecule has 0 aliphatic carbocycles. The minimum Gasteiger partial charge on any atom is -0.387 e. The maximum atomic E-state index is 11.7. The summed E-state index contributed by atoms with van der Waals surface area (Å²) in [6.07, 6.45) is 1.89. The standard InChI is InChI=1S/C13H12ClN3O2/c14-12-8-15-6-10(17-12)13(19)16-7-11(18)9-4-2-1-3-5-9/h1-6,8,11,18H,7H2,(H,16,19). The van der Waals surface area contributed by atoms with Crippen molar-refractivity contribution >= 4 is 17.5 Å². The maximum absolute atomic E-state index is 11.7. The van der Waals surface area contributed by atoms with Gasteiger partial charge in [-0.05, 0) is 5.56 Å². The summed E-state index contributed by atoms with van der Waals surface area (Å²) in [7, 11) is 0. The fourth-order valence-corrected chi connectivity index (χ4v) is 1.67.